The van der Waals surface area contributed by atoms with E-state index >= 15 is 0 Å². The number of hydrogen-bond acceptors (Lipinski definition) is 5. The Morgan fingerprint density at radius 3 is 2.23 bits per heavy atom. The molecule has 0 radical (unpaired) electrons. The van der Waals surface area contributed by atoms with E-state index in [1.54, 1.807) is 37.3 Å². The zero-order valence-corrected chi connectivity index (χ0v) is 18.0. The van der Waals surface area contributed by atoms with Crippen LogP contribution in [0.5, 0.6) is 0 Å². The molecule has 2 aromatic carbocycles. The molecule has 0 aromatic heterocycles. The molecule has 2 rings (SSSR count). The summed E-state index contributed by atoms with van der Waals surface area (Å²) in [5, 5.41) is 14.2. The van der Waals surface area contributed by atoms with E-state index in [9.17, 15) is 14.4 Å². The van der Waals surface area contributed by atoms with Crippen LogP contribution in [0.1, 0.15) is 53.7 Å². The highest BCUT2D eigenvalue weighted by Crippen LogP contribution is 2.16. The molecule has 0 saturated carbocycles. The molecule has 31 heavy (non-hydrogen) atoms. The van der Waals surface area contributed by atoms with E-state index in [1.165, 1.54) is 0 Å². The Labute approximate surface area is 182 Å². The molecule has 0 fully saturated rings. The smallest absolute Gasteiger partial charge is 0.325 e. The van der Waals surface area contributed by atoms with Crippen molar-refractivity contribution >= 4 is 23.9 Å². The van der Waals surface area contributed by atoms with Crippen LogP contribution >= 0.6 is 0 Å². The molecule has 7 heteroatoms. The van der Waals surface area contributed by atoms with Gasteiger partial charge in [-0.3, -0.25) is 14.4 Å². The number of nitrogens with one attached hydrogen (secondary N) is 2. The Hall–Kier alpha value is -3.45. The number of hydrogen-bond donors (Lipinski definition) is 3. The number of amides is 2. The Bertz CT molecular complexity index is 931. The highest BCUT2D eigenvalue weighted by atomic mass is 16.5. The van der Waals surface area contributed by atoms with Gasteiger partial charge in [-0.05, 0) is 47.7 Å². The van der Waals surface area contributed by atoms with E-state index in [1.807, 2.05) is 24.3 Å². The first kappa shape index (κ1) is 23.8. The second kappa shape index (κ2) is 11.7. The van der Waals surface area contributed by atoms with Crippen LogP contribution in [0.25, 0.3) is 6.08 Å². The van der Waals surface area contributed by atoms with Gasteiger partial charge in [0.2, 0.25) is 0 Å². The standard InChI is InChI=1S/C24H28N2O5/c1-4-31-22(28)14-25-24(30)21(13-17-5-9-19(10-6-17)16(2)3)26-23(29)20-11-7-18(15-27)8-12-20/h5-13,16,27H,4,14-15H2,1-3H3,(H,25,30)(H,26,29)/b21-13-. The fraction of sp³-hybridized carbons (Fsp3) is 0.292. The van der Waals surface area contributed by atoms with Gasteiger partial charge < -0.3 is 20.5 Å². The molecule has 2 aromatic rings. The summed E-state index contributed by atoms with van der Waals surface area (Å²) < 4.78 is 4.82. The van der Waals surface area contributed by atoms with Crippen molar-refractivity contribution in [1.29, 1.82) is 0 Å². The van der Waals surface area contributed by atoms with Crippen molar-refractivity contribution in [2.45, 2.75) is 33.3 Å². The Morgan fingerprint density at radius 1 is 1.03 bits per heavy atom. The van der Waals surface area contributed by atoms with Gasteiger partial charge in [0.1, 0.15) is 12.2 Å². The van der Waals surface area contributed by atoms with Gasteiger partial charge in [-0.2, -0.15) is 0 Å². The maximum Gasteiger partial charge on any atom is 0.325 e. The second-order valence-electron chi connectivity index (χ2n) is 7.18. The number of carbonyl (C=O) groups excluding carboxylic acids is 3. The first-order valence-corrected chi connectivity index (χ1v) is 10.1. The summed E-state index contributed by atoms with van der Waals surface area (Å²) in [6.45, 7) is 5.62. The largest absolute Gasteiger partial charge is 0.465 e. The topological polar surface area (TPSA) is 105 Å². The first-order chi connectivity index (χ1) is 14.8. The fourth-order valence-electron chi connectivity index (χ4n) is 2.72. The summed E-state index contributed by atoms with van der Waals surface area (Å²) in [4.78, 5) is 36.9. The third kappa shape index (κ3) is 7.38. The molecule has 164 valence electrons. The maximum absolute atomic E-state index is 12.7. The lowest BCUT2D eigenvalue weighted by molar-refractivity contribution is -0.143. The number of carbonyl (C=O) groups is 3. The lowest BCUT2D eigenvalue weighted by Gasteiger charge is -2.12. The van der Waals surface area contributed by atoms with Crippen LogP contribution in [0.3, 0.4) is 0 Å². The summed E-state index contributed by atoms with van der Waals surface area (Å²) in [6.07, 6.45) is 1.55. The van der Waals surface area contributed by atoms with Crippen LogP contribution in [0.15, 0.2) is 54.2 Å². The van der Waals surface area contributed by atoms with E-state index in [4.69, 9.17) is 9.84 Å². The SMILES string of the molecule is CCOC(=O)CNC(=O)/C(=C/c1ccc(C(C)C)cc1)NC(=O)c1ccc(CO)cc1. The van der Waals surface area contributed by atoms with Crippen LogP contribution < -0.4 is 10.6 Å². The molecular weight excluding hydrogens is 396 g/mol. The Kier molecular flexibility index (Phi) is 8.96. The molecule has 0 saturated heterocycles. The average molecular weight is 424 g/mol. The third-order valence-corrected chi connectivity index (χ3v) is 4.50. The second-order valence-corrected chi connectivity index (χ2v) is 7.18. The van der Waals surface area contributed by atoms with E-state index in [0.717, 1.165) is 11.1 Å². The zero-order valence-electron chi connectivity index (χ0n) is 18.0. The predicted molar refractivity (Wildman–Crippen MR) is 118 cm³/mol. The van der Waals surface area contributed by atoms with Crippen molar-refractivity contribution in [2.75, 3.05) is 13.2 Å². The third-order valence-electron chi connectivity index (χ3n) is 4.50. The molecule has 2 amide bonds. The monoisotopic (exact) mass is 424 g/mol. The van der Waals surface area contributed by atoms with Gasteiger partial charge in [-0.25, -0.2) is 0 Å². The van der Waals surface area contributed by atoms with Crippen LogP contribution in [0.2, 0.25) is 0 Å². The van der Waals surface area contributed by atoms with Gasteiger partial charge in [0, 0.05) is 5.56 Å². The number of ether oxygens (including phenoxy) is 1. The molecule has 0 aliphatic rings. The van der Waals surface area contributed by atoms with Gasteiger partial charge in [0.15, 0.2) is 0 Å². The summed E-state index contributed by atoms with van der Waals surface area (Å²) in [5.74, 6) is -1.29. The molecule has 7 nitrogen and oxygen atoms in total. The van der Waals surface area contributed by atoms with E-state index in [0.29, 0.717) is 17.0 Å². The molecule has 0 spiro atoms. The zero-order chi connectivity index (χ0) is 22.8. The lowest BCUT2D eigenvalue weighted by Crippen LogP contribution is -2.37. The van der Waals surface area contributed by atoms with Gasteiger partial charge in [-0.1, -0.05) is 50.2 Å². The predicted octanol–water partition coefficient (Wildman–Crippen LogP) is 2.75. The van der Waals surface area contributed by atoms with E-state index in [2.05, 4.69) is 24.5 Å². The minimum absolute atomic E-state index is 0.00201. The Morgan fingerprint density at radius 2 is 1.68 bits per heavy atom. The lowest BCUT2D eigenvalue weighted by atomic mass is 10.0. The molecule has 0 aliphatic heterocycles. The van der Waals surface area contributed by atoms with Crippen molar-refractivity contribution in [2.24, 2.45) is 0 Å². The summed E-state index contributed by atoms with van der Waals surface area (Å²) in [7, 11) is 0. The van der Waals surface area contributed by atoms with Crippen LogP contribution in [0.4, 0.5) is 0 Å². The van der Waals surface area contributed by atoms with E-state index in [-0.39, 0.29) is 25.5 Å². The maximum atomic E-state index is 12.7. The van der Waals surface area contributed by atoms with Gasteiger partial charge in [-0.15, -0.1) is 0 Å². The molecule has 0 atom stereocenters. The van der Waals surface area contributed by atoms with Crippen molar-refractivity contribution in [3.05, 3.63) is 76.5 Å². The number of aliphatic hydroxyl groups excluding tert-OH is 1. The molecule has 0 heterocycles. The van der Waals surface area contributed by atoms with Gasteiger partial charge >= 0.3 is 5.97 Å². The summed E-state index contributed by atoms with van der Waals surface area (Å²) in [5.41, 5.74) is 2.87. The normalized spacial score (nSPS) is 11.2. The van der Waals surface area contributed by atoms with Gasteiger partial charge in [0.05, 0.1) is 13.2 Å². The minimum Gasteiger partial charge on any atom is -0.465 e. The van der Waals surface area contributed by atoms with Crippen molar-refractivity contribution in [3.8, 4) is 0 Å². The summed E-state index contributed by atoms with van der Waals surface area (Å²) >= 11 is 0. The van der Waals surface area contributed by atoms with Gasteiger partial charge in [0.25, 0.3) is 11.8 Å². The Balaban J connectivity index is 2.24. The van der Waals surface area contributed by atoms with Crippen molar-refractivity contribution in [3.63, 3.8) is 0 Å². The summed E-state index contributed by atoms with van der Waals surface area (Å²) in [6, 6.07) is 14.0. The first-order valence-electron chi connectivity index (χ1n) is 10.1. The highest BCUT2D eigenvalue weighted by molar-refractivity contribution is 6.05. The van der Waals surface area contributed by atoms with Crippen LogP contribution in [-0.2, 0) is 20.9 Å². The van der Waals surface area contributed by atoms with Crippen molar-refractivity contribution < 1.29 is 24.2 Å². The number of aliphatic hydroxyl groups is 1. The number of benzene rings is 2. The van der Waals surface area contributed by atoms with Crippen LogP contribution in [-0.4, -0.2) is 36.0 Å². The molecular formula is C24H28N2O5. The molecule has 0 unspecified atom stereocenters. The van der Waals surface area contributed by atoms with Crippen LogP contribution in [0, 0.1) is 0 Å². The van der Waals surface area contributed by atoms with E-state index < -0.39 is 17.8 Å². The molecule has 3 N–H and O–H groups in total. The quantitative estimate of drug-likeness (QED) is 0.424. The highest BCUT2D eigenvalue weighted by Gasteiger charge is 2.16. The number of esters is 1. The molecule has 0 aliphatic carbocycles. The van der Waals surface area contributed by atoms with Crippen molar-refractivity contribution in [1.82, 2.24) is 10.6 Å². The fourth-order valence-corrected chi connectivity index (χ4v) is 2.72. The average Bonchev–Trinajstić information content (AvgIpc) is 2.77. The molecule has 0 bridgehead atoms. The number of rotatable bonds is 9. The minimum atomic E-state index is -0.610.